The van der Waals surface area contributed by atoms with E-state index in [9.17, 15) is 4.79 Å². The number of hydrogen-bond donors (Lipinski definition) is 0. The SMILES string of the molecule is CC1=CCC(C=O)C=C1Br. The number of carbonyl (C=O) groups is 1. The van der Waals surface area contributed by atoms with Crippen molar-refractivity contribution in [2.24, 2.45) is 5.92 Å². The Kier molecular flexibility index (Phi) is 2.44. The zero-order valence-corrected chi connectivity index (χ0v) is 7.39. The molecule has 1 aliphatic carbocycles. The van der Waals surface area contributed by atoms with Gasteiger partial charge in [0.25, 0.3) is 0 Å². The summed E-state index contributed by atoms with van der Waals surface area (Å²) in [5, 5.41) is 0. The van der Waals surface area contributed by atoms with Gasteiger partial charge in [-0.2, -0.15) is 0 Å². The van der Waals surface area contributed by atoms with Crippen molar-refractivity contribution in [1.82, 2.24) is 0 Å². The summed E-state index contributed by atoms with van der Waals surface area (Å²) in [5.41, 5.74) is 1.22. The molecule has 10 heavy (non-hydrogen) atoms. The van der Waals surface area contributed by atoms with E-state index in [1.807, 2.05) is 13.0 Å². The average molecular weight is 201 g/mol. The van der Waals surface area contributed by atoms with E-state index in [1.54, 1.807) is 0 Å². The van der Waals surface area contributed by atoms with Crippen molar-refractivity contribution in [1.29, 1.82) is 0 Å². The second-order valence-corrected chi connectivity index (χ2v) is 3.29. The maximum absolute atomic E-state index is 10.3. The van der Waals surface area contributed by atoms with Gasteiger partial charge in [0.2, 0.25) is 0 Å². The van der Waals surface area contributed by atoms with E-state index in [0.717, 1.165) is 17.2 Å². The van der Waals surface area contributed by atoms with Crippen LogP contribution in [0.25, 0.3) is 0 Å². The van der Waals surface area contributed by atoms with E-state index >= 15 is 0 Å². The smallest absolute Gasteiger partial charge is 0.127 e. The van der Waals surface area contributed by atoms with E-state index < -0.39 is 0 Å². The molecule has 0 aromatic carbocycles. The molecule has 0 radical (unpaired) electrons. The van der Waals surface area contributed by atoms with Crippen LogP contribution in [0, 0.1) is 5.92 Å². The highest BCUT2D eigenvalue weighted by Crippen LogP contribution is 2.25. The van der Waals surface area contributed by atoms with Crippen LogP contribution in [0.3, 0.4) is 0 Å². The van der Waals surface area contributed by atoms with Crippen LogP contribution in [0.1, 0.15) is 13.3 Å². The molecule has 0 N–H and O–H groups in total. The molecule has 0 saturated carbocycles. The van der Waals surface area contributed by atoms with Gasteiger partial charge in [-0.1, -0.05) is 28.1 Å². The van der Waals surface area contributed by atoms with Crippen LogP contribution in [0.5, 0.6) is 0 Å². The summed E-state index contributed by atoms with van der Waals surface area (Å²) < 4.78 is 1.05. The molecule has 0 saturated heterocycles. The fourth-order valence-electron chi connectivity index (χ4n) is 0.893. The van der Waals surface area contributed by atoms with Gasteiger partial charge in [-0.25, -0.2) is 0 Å². The van der Waals surface area contributed by atoms with E-state index in [0.29, 0.717) is 0 Å². The summed E-state index contributed by atoms with van der Waals surface area (Å²) in [5.74, 6) is 0.0816. The van der Waals surface area contributed by atoms with Gasteiger partial charge in [-0.05, 0) is 18.9 Å². The molecular formula is C8H9BrO. The van der Waals surface area contributed by atoms with Crippen LogP contribution in [0.2, 0.25) is 0 Å². The van der Waals surface area contributed by atoms with Crippen molar-refractivity contribution in [2.45, 2.75) is 13.3 Å². The van der Waals surface area contributed by atoms with Crippen molar-refractivity contribution >= 4 is 22.2 Å². The van der Waals surface area contributed by atoms with Gasteiger partial charge in [0.1, 0.15) is 6.29 Å². The minimum absolute atomic E-state index is 0.0816. The lowest BCUT2D eigenvalue weighted by molar-refractivity contribution is -0.109. The first-order valence-electron chi connectivity index (χ1n) is 3.24. The summed E-state index contributed by atoms with van der Waals surface area (Å²) in [6, 6.07) is 0. The first-order valence-corrected chi connectivity index (χ1v) is 4.03. The second kappa shape index (κ2) is 3.15. The number of aldehydes is 1. The normalized spacial score (nSPS) is 25.2. The highest BCUT2D eigenvalue weighted by molar-refractivity contribution is 9.12. The lowest BCUT2D eigenvalue weighted by atomic mass is 9.99. The van der Waals surface area contributed by atoms with Crippen molar-refractivity contribution in [2.75, 3.05) is 0 Å². The van der Waals surface area contributed by atoms with Gasteiger partial charge in [0.15, 0.2) is 0 Å². The maximum atomic E-state index is 10.3. The molecule has 1 rings (SSSR count). The third-order valence-corrected chi connectivity index (χ3v) is 2.50. The van der Waals surface area contributed by atoms with E-state index in [4.69, 9.17) is 0 Å². The summed E-state index contributed by atoms with van der Waals surface area (Å²) in [4.78, 5) is 10.3. The highest BCUT2D eigenvalue weighted by Gasteiger charge is 2.09. The van der Waals surface area contributed by atoms with Gasteiger partial charge in [0, 0.05) is 10.4 Å². The predicted octanol–water partition coefficient (Wildman–Crippen LogP) is 2.43. The molecule has 0 amide bonds. The monoisotopic (exact) mass is 200 g/mol. The predicted molar refractivity (Wildman–Crippen MR) is 44.9 cm³/mol. The van der Waals surface area contributed by atoms with E-state index in [-0.39, 0.29) is 5.92 Å². The average Bonchev–Trinajstić information content (AvgIpc) is 1.95. The van der Waals surface area contributed by atoms with Crippen molar-refractivity contribution < 1.29 is 4.79 Å². The Labute approximate surface area is 68.9 Å². The maximum Gasteiger partial charge on any atom is 0.127 e. The largest absolute Gasteiger partial charge is 0.303 e. The molecule has 1 aliphatic rings. The fraction of sp³-hybridized carbons (Fsp3) is 0.375. The van der Waals surface area contributed by atoms with Crippen LogP contribution < -0.4 is 0 Å². The molecule has 0 aliphatic heterocycles. The van der Waals surface area contributed by atoms with Gasteiger partial charge in [-0.3, -0.25) is 0 Å². The molecular weight excluding hydrogens is 192 g/mol. The number of rotatable bonds is 1. The molecule has 0 aromatic rings. The number of carbonyl (C=O) groups excluding carboxylic acids is 1. The van der Waals surface area contributed by atoms with Crippen LogP contribution in [-0.4, -0.2) is 6.29 Å². The van der Waals surface area contributed by atoms with Crippen molar-refractivity contribution in [3.63, 3.8) is 0 Å². The van der Waals surface area contributed by atoms with Crippen LogP contribution in [0.15, 0.2) is 22.2 Å². The van der Waals surface area contributed by atoms with Gasteiger partial charge in [0.05, 0.1) is 0 Å². The molecule has 1 atom stereocenters. The Morgan fingerprint density at radius 3 is 3.00 bits per heavy atom. The summed E-state index contributed by atoms with van der Waals surface area (Å²) in [6.07, 6.45) is 5.85. The number of allylic oxidation sites excluding steroid dienone is 4. The zero-order chi connectivity index (χ0) is 7.56. The molecule has 0 fully saturated rings. The van der Waals surface area contributed by atoms with Crippen LogP contribution in [0.4, 0.5) is 0 Å². The fourth-order valence-corrected chi connectivity index (χ4v) is 1.39. The Morgan fingerprint density at radius 1 is 1.80 bits per heavy atom. The molecule has 2 heteroatoms. The van der Waals surface area contributed by atoms with Gasteiger partial charge in [-0.15, -0.1) is 0 Å². The lowest BCUT2D eigenvalue weighted by Crippen LogP contribution is -2.01. The van der Waals surface area contributed by atoms with Gasteiger partial charge >= 0.3 is 0 Å². The molecule has 54 valence electrons. The zero-order valence-electron chi connectivity index (χ0n) is 5.80. The molecule has 0 aromatic heterocycles. The highest BCUT2D eigenvalue weighted by atomic mass is 79.9. The Bertz CT molecular complexity index is 203. The lowest BCUT2D eigenvalue weighted by Gasteiger charge is -2.10. The second-order valence-electron chi connectivity index (χ2n) is 2.44. The van der Waals surface area contributed by atoms with E-state index in [2.05, 4.69) is 22.0 Å². The number of halogens is 1. The van der Waals surface area contributed by atoms with Crippen LogP contribution >= 0.6 is 15.9 Å². The van der Waals surface area contributed by atoms with Gasteiger partial charge < -0.3 is 4.79 Å². The molecule has 1 nitrogen and oxygen atoms in total. The molecule has 1 unspecified atom stereocenters. The molecule has 0 heterocycles. The minimum atomic E-state index is 0.0816. The first kappa shape index (κ1) is 7.73. The third kappa shape index (κ3) is 1.57. The summed E-state index contributed by atoms with van der Waals surface area (Å²) >= 11 is 3.37. The quantitative estimate of drug-likeness (QED) is 0.595. The molecule has 0 spiro atoms. The van der Waals surface area contributed by atoms with Crippen molar-refractivity contribution in [3.05, 3.63) is 22.2 Å². The Hall–Kier alpha value is -0.370. The third-order valence-electron chi connectivity index (χ3n) is 1.61. The van der Waals surface area contributed by atoms with E-state index in [1.165, 1.54) is 5.57 Å². The topological polar surface area (TPSA) is 17.1 Å². The summed E-state index contributed by atoms with van der Waals surface area (Å²) in [7, 11) is 0. The molecule has 0 bridgehead atoms. The van der Waals surface area contributed by atoms with Crippen molar-refractivity contribution in [3.8, 4) is 0 Å². The number of hydrogen-bond acceptors (Lipinski definition) is 1. The first-order chi connectivity index (χ1) is 4.74. The Balaban J connectivity index is 2.75. The minimum Gasteiger partial charge on any atom is -0.303 e. The standard InChI is InChI=1S/C8H9BrO/c1-6-2-3-7(5-10)4-8(6)9/h2,4-5,7H,3H2,1H3. The van der Waals surface area contributed by atoms with Crippen LogP contribution in [-0.2, 0) is 4.79 Å². The summed E-state index contributed by atoms with van der Waals surface area (Å²) in [6.45, 7) is 2.03. The Morgan fingerprint density at radius 2 is 2.50 bits per heavy atom.